The van der Waals surface area contributed by atoms with Crippen molar-refractivity contribution in [3.8, 4) is 0 Å². The molecule has 1 aromatic carbocycles. The number of rotatable bonds is 7. The van der Waals surface area contributed by atoms with Crippen LogP contribution in [0.15, 0.2) is 24.3 Å². The summed E-state index contributed by atoms with van der Waals surface area (Å²) in [4.78, 5) is 34.2. The van der Waals surface area contributed by atoms with E-state index in [4.69, 9.17) is 0 Å². The summed E-state index contributed by atoms with van der Waals surface area (Å²) in [5, 5.41) is 6.19. The molecule has 4 aliphatic rings. The van der Waals surface area contributed by atoms with Crippen LogP contribution in [-0.4, -0.2) is 34.4 Å². The molecule has 1 aromatic heterocycles. The Morgan fingerprint density at radius 2 is 1.74 bits per heavy atom. The van der Waals surface area contributed by atoms with E-state index in [0.717, 1.165) is 36.1 Å². The molecule has 4 aliphatic carbocycles. The molecule has 6 rings (SSSR count). The first-order valence-corrected chi connectivity index (χ1v) is 11.9. The fourth-order valence-electron chi connectivity index (χ4n) is 6.76. The minimum atomic E-state index is -0.490. The highest BCUT2D eigenvalue weighted by Gasteiger charge is 2.55. The number of aromatic nitrogens is 2. The number of aromatic amines is 1. The molecule has 3 N–H and O–H groups in total. The van der Waals surface area contributed by atoms with E-state index in [1.165, 1.54) is 19.3 Å². The minimum absolute atomic E-state index is 0.0454. The monoisotopic (exact) mass is 422 g/mol. The Kier molecular flexibility index (Phi) is 5.27. The van der Waals surface area contributed by atoms with Crippen molar-refractivity contribution in [3.63, 3.8) is 0 Å². The highest BCUT2D eigenvalue weighted by molar-refractivity contribution is 5.90. The van der Waals surface area contributed by atoms with E-state index in [2.05, 4.69) is 20.6 Å². The van der Waals surface area contributed by atoms with E-state index in [1.807, 2.05) is 38.1 Å². The van der Waals surface area contributed by atoms with Gasteiger partial charge in [0.05, 0.1) is 11.0 Å². The zero-order valence-electron chi connectivity index (χ0n) is 18.6. The van der Waals surface area contributed by atoms with Crippen LogP contribution in [0.3, 0.4) is 0 Å². The van der Waals surface area contributed by atoms with E-state index >= 15 is 0 Å². The van der Waals surface area contributed by atoms with Crippen LogP contribution in [0.25, 0.3) is 11.0 Å². The SMILES string of the molecule is CC(C)[C@@H](NC(=O)C12CC3CC(CC(C3)C1)C2)C(=O)NCCc1nc2ccccc2[nH]1. The topological polar surface area (TPSA) is 86.9 Å². The number of hydrogen-bond donors (Lipinski definition) is 3. The molecule has 0 unspecified atom stereocenters. The summed E-state index contributed by atoms with van der Waals surface area (Å²) in [7, 11) is 0. The van der Waals surface area contributed by atoms with Crippen molar-refractivity contribution < 1.29 is 9.59 Å². The van der Waals surface area contributed by atoms with Gasteiger partial charge in [0, 0.05) is 18.4 Å². The fraction of sp³-hybridized carbons (Fsp3) is 0.640. The van der Waals surface area contributed by atoms with E-state index in [0.29, 0.717) is 30.7 Å². The lowest BCUT2D eigenvalue weighted by Crippen LogP contribution is -2.58. The summed E-state index contributed by atoms with van der Waals surface area (Å²) >= 11 is 0. The first-order chi connectivity index (χ1) is 14.9. The predicted octanol–water partition coefficient (Wildman–Crippen LogP) is 3.58. The maximum Gasteiger partial charge on any atom is 0.242 e. The van der Waals surface area contributed by atoms with Crippen LogP contribution in [0.2, 0.25) is 0 Å². The number of hydrogen-bond acceptors (Lipinski definition) is 3. The average molecular weight is 423 g/mol. The fourth-order valence-corrected chi connectivity index (χ4v) is 6.76. The van der Waals surface area contributed by atoms with E-state index in [9.17, 15) is 9.59 Å². The van der Waals surface area contributed by atoms with Gasteiger partial charge in [-0.15, -0.1) is 0 Å². The number of H-pyrrole nitrogens is 1. The van der Waals surface area contributed by atoms with Gasteiger partial charge in [-0.2, -0.15) is 0 Å². The van der Waals surface area contributed by atoms with Gasteiger partial charge in [0.25, 0.3) is 0 Å². The van der Waals surface area contributed by atoms with Gasteiger partial charge in [-0.3, -0.25) is 9.59 Å². The molecular weight excluding hydrogens is 388 g/mol. The van der Waals surface area contributed by atoms with Crippen LogP contribution < -0.4 is 10.6 Å². The van der Waals surface area contributed by atoms with Crippen molar-refractivity contribution in [2.24, 2.45) is 29.1 Å². The summed E-state index contributed by atoms with van der Waals surface area (Å²) in [6.45, 7) is 4.50. The van der Waals surface area contributed by atoms with Crippen molar-refractivity contribution in [1.82, 2.24) is 20.6 Å². The zero-order chi connectivity index (χ0) is 21.6. The van der Waals surface area contributed by atoms with Gasteiger partial charge in [-0.25, -0.2) is 4.98 Å². The second kappa shape index (κ2) is 7.95. The zero-order valence-corrected chi connectivity index (χ0v) is 18.6. The number of para-hydroxylation sites is 2. The summed E-state index contributed by atoms with van der Waals surface area (Å²) in [6, 6.07) is 7.43. The Labute approximate surface area is 184 Å². The second-order valence-electron chi connectivity index (χ2n) is 10.6. The second-order valence-corrected chi connectivity index (χ2v) is 10.6. The average Bonchev–Trinajstić information content (AvgIpc) is 3.13. The molecule has 4 bridgehead atoms. The molecular formula is C25H34N4O2. The number of fused-ring (bicyclic) bond motifs is 1. The highest BCUT2D eigenvalue weighted by atomic mass is 16.2. The Balaban J connectivity index is 1.19. The van der Waals surface area contributed by atoms with Crippen LogP contribution in [0, 0.1) is 29.1 Å². The van der Waals surface area contributed by atoms with Crippen LogP contribution >= 0.6 is 0 Å². The Morgan fingerprint density at radius 3 is 2.35 bits per heavy atom. The summed E-state index contributed by atoms with van der Waals surface area (Å²) in [6.07, 6.45) is 7.61. The lowest BCUT2D eigenvalue weighted by atomic mass is 9.49. The third kappa shape index (κ3) is 3.97. The van der Waals surface area contributed by atoms with Crippen molar-refractivity contribution in [3.05, 3.63) is 30.1 Å². The van der Waals surface area contributed by atoms with Gasteiger partial charge >= 0.3 is 0 Å². The highest BCUT2D eigenvalue weighted by Crippen LogP contribution is 2.60. The molecule has 4 saturated carbocycles. The van der Waals surface area contributed by atoms with Gasteiger partial charge in [0.1, 0.15) is 11.9 Å². The van der Waals surface area contributed by atoms with Crippen LogP contribution in [0.1, 0.15) is 58.2 Å². The van der Waals surface area contributed by atoms with Crippen molar-refractivity contribution in [1.29, 1.82) is 0 Å². The molecule has 0 aliphatic heterocycles. The lowest BCUT2D eigenvalue weighted by Gasteiger charge is -2.55. The molecule has 0 saturated heterocycles. The normalized spacial score (nSPS) is 30.0. The van der Waals surface area contributed by atoms with E-state index in [1.54, 1.807) is 0 Å². The number of imidazole rings is 1. The Morgan fingerprint density at radius 1 is 1.10 bits per heavy atom. The van der Waals surface area contributed by atoms with Gasteiger partial charge < -0.3 is 15.6 Å². The summed E-state index contributed by atoms with van der Waals surface area (Å²) in [5.74, 6) is 3.08. The maximum atomic E-state index is 13.4. The van der Waals surface area contributed by atoms with Gasteiger partial charge in [0.15, 0.2) is 0 Å². The molecule has 6 heteroatoms. The Bertz CT molecular complexity index is 911. The third-order valence-corrected chi connectivity index (χ3v) is 7.86. The molecule has 0 radical (unpaired) electrons. The molecule has 2 amide bonds. The minimum Gasteiger partial charge on any atom is -0.354 e. The number of carbonyl (C=O) groups is 2. The molecule has 166 valence electrons. The molecule has 1 atom stereocenters. The number of amides is 2. The van der Waals surface area contributed by atoms with E-state index in [-0.39, 0.29) is 23.1 Å². The van der Waals surface area contributed by atoms with Crippen molar-refractivity contribution in [2.45, 2.75) is 64.8 Å². The smallest absolute Gasteiger partial charge is 0.242 e. The van der Waals surface area contributed by atoms with Gasteiger partial charge in [-0.1, -0.05) is 26.0 Å². The van der Waals surface area contributed by atoms with Gasteiger partial charge in [-0.05, 0) is 74.3 Å². The van der Waals surface area contributed by atoms with Crippen LogP contribution in [-0.2, 0) is 16.0 Å². The van der Waals surface area contributed by atoms with Crippen molar-refractivity contribution >= 4 is 22.8 Å². The third-order valence-electron chi connectivity index (χ3n) is 7.86. The molecule has 6 nitrogen and oxygen atoms in total. The molecule has 1 heterocycles. The molecule has 0 spiro atoms. The first kappa shape index (κ1) is 20.5. The largest absolute Gasteiger partial charge is 0.354 e. The molecule has 31 heavy (non-hydrogen) atoms. The lowest BCUT2D eigenvalue weighted by molar-refractivity contribution is -0.149. The quantitative estimate of drug-likeness (QED) is 0.637. The number of nitrogens with zero attached hydrogens (tertiary/aromatic N) is 1. The van der Waals surface area contributed by atoms with Gasteiger partial charge in [0.2, 0.25) is 11.8 Å². The number of carbonyl (C=O) groups excluding carboxylic acids is 2. The van der Waals surface area contributed by atoms with Crippen LogP contribution in [0.4, 0.5) is 0 Å². The predicted molar refractivity (Wildman–Crippen MR) is 120 cm³/mol. The first-order valence-electron chi connectivity index (χ1n) is 11.9. The molecule has 2 aromatic rings. The summed E-state index contributed by atoms with van der Waals surface area (Å²) < 4.78 is 0. The molecule has 4 fully saturated rings. The van der Waals surface area contributed by atoms with Crippen LogP contribution in [0.5, 0.6) is 0 Å². The number of nitrogens with one attached hydrogen (secondary N) is 3. The van der Waals surface area contributed by atoms with Crippen molar-refractivity contribution in [2.75, 3.05) is 6.54 Å². The Hall–Kier alpha value is -2.37. The number of benzene rings is 1. The van der Waals surface area contributed by atoms with E-state index < -0.39 is 6.04 Å². The maximum absolute atomic E-state index is 13.4. The standard InChI is InChI=1S/C25H34N4O2/c1-15(2)22(23(30)26-8-7-21-27-19-5-3-4-6-20(19)28-21)29-24(31)25-12-16-9-17(13-25)11-18(10-16)14-25/h3-6,15-18,22H,7-14H2,1-2H3,(H,26,30)(H,27,28)(H,29,31)/t16?,17?,18?,22-,25?/m1/s1. The summed E-state index contributed by atoms with van der Waals surface area (Å²) in [5.41, 5.74) is 1.72.